The molecule has 0 spiro atoms. The van der Waals surface area contributed by atoms with Crippen molar-refractivity contribution in [3.05, 3.63) is 78.2 Å². The average molecular weight is 334 g/mol. The maximum atomic E-state index is 12.5. The van der Waals surface area contributed by atoms with E-state index in [0.717, 1.165) is 17.1 Å². The molecule has 126 valence electrons. The number of pyridine rings is 2. The second-order valence-corrected chi connectivity index (χ2v) is 5.26. The monoisotopic (exact) mass is 334 g/mol. The Morgan fingerprint density at radius 1 is 1.00 bits per heavy atom. The van der Waals surface area contributed by atoms with Gasteiger partial charge in [0.05, 0.1) is 24.9 Å². The van der Waals surface area contributed by atoms with Crippen LogP contribution in [0.4, 0.5) is 11.5 Å². The van der Waals surface area contributed by atoms with E-state index >= 15 is 0 Å². The summed E-state index contributed by atoms with van der Waals surface area (Å²) < 4.78 is 5.14. The van der Waals surface area contributed by atoms with Gasteiger partial charge in [0.1, 0.15) is 11.6 Å². The molecule has 6 nitrogen and oxygen atoms in total. The molecule has 2 N–H and O–H groups in total. The van der Waals surface area contributed by atoms with Crippen LogP contribution in [-0.4, -0.2) is 23.0 Å². The first-order valence-electron chi connectivity index (χ1n) is 7.80. The van der Waals surface area contributed by atoms with Gasteiger partial charge in [0, 0.05) is 18.1 Å². The van der Waals surface area contributed by atoms with Crippen molar-refractivity contribution in [2.24, 2.45) is 0 Å². The van der Waals surface area contributed by atoms with Gasteiger partial charge in [-0.15, -0.1) is 0 Å². The molecule has 0 saturated heterocycles. The molecule has 0 unspecified atom stereocenters. The largest absolute Gasteiger partial charge is 0.497 e. The Labute approximate surface area is 145 Å². The molecule has 1 amide bonds. The number of rotatable bonds is 6. The van der Waals surface area contributed by atoms with Crippen molar-refractivity contribution in [3.8, 4) is 5.75 Å². The molecule has 0 radical (unpaired) electrons. The highest BCUT2D eigenvalue weighted by Gasteiger charge is 2.12. The van der Waals surface area contributed by atoms with E-state index in [0.29, 0.717) is 17.9 Å². The fourth-order valence-electron chi connectivity index (χ4n) is 2.27. The first-order valence-corrected chi connectivity index (χ1v) is 7.80. The van der Waals surface area contributed by atoms with E-state index in [-0.39, 0.29) is 5.91 Å². The van der Waals surface area contributed by atoms with E-state index in [2.05, 4.69) is 20.6 Å². The van der Waals surface area contributed by atoms with Gasteiger partial charge in [0.15, 0.2) is 0 Å². The number of methoxy groups -OCH3 is 1. The van der Waals surface area contributed by atoms with Crippen LogP contribution in [0.2, 0.25) is 0 Å². The van der Waals surface area contributed by atoms with E-state index in [4.69, 9.17) is 4.74 Å². The molecule has 0 aliphatic carbocycles. The molecular weight excluding hydrogens is 316 g/mol. The summed E-state index contributed by atoms with van der Waals surface area (Å²) in [6.45, 7) is 0.358. The van der Waals surface area contributed by atoms with Gasteiger partial charge in [-0.2, -0.15) is 0 Å². The molecule has 3 rings (SSSR count). The lowest BCUT2D eigenvalue weighted by Gasteiger charge is -2.11. The lowest BCUT2D eigenvalue weighted by molar-refractivity contribution is 0.0951. The van der Waals surface area contributed by atoms with E-state index < -0.39 is 0 Å². The molecule has 2 heterocycles. The third-order valence-corrected chi connectivity index (χ3v) is 3.56. The number of hydrogen-bond donors (Lipinski definition) is 2. The Morgan fingerprint density at radius 3 is 2.52 bits per heavy atom. The number of benzene rings is 1. The molecule has 0 saturated carbocycles. The van der Waals surface area contributed by atoms with E-state index in [1.54, 1.807) is 31.6 Å². The van der Waals surface area contributed by atoms with Crippen LogP contribution in [0.5, 0.6) is 5.75 Å². The minimum Gasteiger partial charge on any atom is -0.497 e. The number of aromatic nitrogens is 2. The molecule has 0 fully saturated rings. The summed E-state index contributed by atoms with van der Waals surface area (Å²) in [6, 6.07) is 16.4. The van der Waals surface area contributed by atoms with Crippen LogP contribution in [0.25, 0.3) is 0 Å². The minimum atomic E-state index is -0.213. The summed E-state index contributed by atoms with van der Waals surface area (Å²) in [4.78, 5) is 21.0. The van der Waals surface area contributed by atoms with Crippen molar-refractivity contribution in [1.82, 2.24) is 15.3 Å². The van der Waals surface area contributed by atoms with Crippen molar-refractivity contribution in [2.45, 2.75) is 6.54 Å². The van der Waals surface area contributed by atoms with Gasteiger partial charge in [0.2, 0.25) is 0 Å². The maximum absolute atomic E-state index is 12.5. The van der Waals surface area contributed by atoms with Crippen molar-refractivity contribution >= 4 is 17.4 Å². The number of nitrogens with one attached hydrogen (secondary N) is 2. The Kier molecular flexibility index (Phi) is 5.21. The van der Waals surface area contributed by atoms with Crippen LogP contribution >= 0.6 is 0 Å². The van der Waals surface area contributed by atoms with Gasteiger partial charge in [-0.25, -0.2) is 4.98 Å². The van der Waals surface area contributed by atoms with Gasteiger partial charge < -0.3 is 15.4 Å². The zero-order chi connectivity index (χ0) is 17.5. The lowest BCUT2D eigenvalue weighted by Crippen LogP contribution is -2.24. The number of amides is 1. The molecule has 0 atom stereocenters. The number of nitrogens with zero attached hydrogens (tertiary/aromatic N) is 2. The highest BCUT2D eigenvalue weighted by Crippen LogP contribution is 2.21. The summed E-state index contributed by atoms with van der Waals surface area (Å²) in [5.74, 6) is 1.04. The summed E-state index contributed by atoms with van der Waals surface area (Å²) in [6.07, 6.45) is 3.34. The number of ether oxygens (including phenoxy) is 1. The summed E-state index contributed by atoms with van der Waals surface area (Å²) in [5, 5.41) is 6.02. The predicted octanol–water partition coefficient (Wildman–Crippen LogP) is 3.16. The average Bonchev–Trinajstić information content (AvgIpc) is 2.68. The van der Waals surface area contributed by atoms with E-state index in [9.17, 15) is 4.79 Å². The van der Waals surface area contributed by atoms with E-state index in [1.807, 2.05) is 42.5 Å². The zero-order valence-corrected chi connectivity index (χ0v) is 13.8. The van der Waals surface area contributed by atoms with Crippen molar-refractivity contribution in [1.29, 1.82) is 0 Å². The van der Waals surface area contributed by atoms with Crippen LogP contribution < -0.4 is 15.4 Å². The molecule has 0 aliphatic rings. The highest BCUT2D eigenvalue weighted by molar-refractivity contribution is 5.99. The van der Waals surface area contributed by atoms with Gasteiger partial charge >= 0.3 is 0 Å². The molecule has 6 heteroatoms. The molecule has 2 aromatic heterocycles. The van der Waals surface area contributed by atoms with Crippen LogP contribution in [-0.2, 0) is 6.54 Å². The topological polar surface area (TPSA) is 76.1 Å². The number of carbonyl (C=O) groups is 1. The van der Waals surface area contributed by atoms with Crippen LogP contribution in [0, 0.1) is 0 Å². The SMILES string of the molecule is COc1ccc(Nc2ncccc2C(=O)NCc2ccccn2)cc1. The quantitative estimate of drug-likeness (QED) is 0.724. The lowest BCUT2D eigenvalue weighted by atomic mass is 10.2. The fraction of sp³-hybridized carbons (Fsp3) is 0.105. The normalized spacial score (nSPS) is 10.1. The number of carbonyl (C=O) groups excluding carboxylic acids is 1. The standard InChI is InChI=1S/C19H18N4O2/c1-25-16-9-7-14(8-10-16)23-18-17(6-4-12-21-18)19(24)22-13-15-5-2-3-11-20-15/h2-12H,13H2,1H3,(H,21,23)(H,22,24). The third kappa shape index (κ3) is 4.32. The number of anilines is 2. The van der Waals surface area contributed by atoms with E-state index in [1.165, 1.54) is 0 Å². The Balaban J connectivity index is 1.72. The van der Waals surface area contributed by atoms with Crippen LogP contribution in [0.1, 0.15) is 16.1 Å². The second-order valence-electron chi connectivity index (χ2n) is 5.26. The van der Waals surface area contributed by atoms with Gasteiger partial charge in [0.25, 0.3) is 5.91 Å². The first-order chi connectivity index (χ1) is 12.3. The first kappa shape index (κ1) is 16.4. The fourth-order valence-corrected chi connectivity index (χ4v) is 2.27. The zero-order valence-electron chi connectivity index (χ0n) is 13.8. The predicted molar refractivity (Wildman–Crippen MR) is 95.9 cm³/mol. The molecular formula is C19H18N4O2. The van der Waals surface area contributed by atoms with Crippen molar-refractivity contribution < 1.29 is 9.53 Å². The molecule has 1 aromatic carbocycles. The van der Waals surface area contributed by atoms with Crippen molar-refractivity contribution in [3.63, 3.8) is 0 Å². The summed E-state index contributed by atoms with van der Waals surface area (Å²) in [5.41, 5.74) is 2.08. The number of hydrogen-bond acceptors (Lipinski definition) is 5. The third-order valence-electron chi connectivity index (χ3n) is 3.56. The Bertz CT molecular complexity index is 836. The Morgan fingerprint density at radius 2 is 1.80 bits per heavy atom. The summed E-state index contributed by atoms with van der Waals surface area (Å²) in [7, 11) is 1.62. The van der Waals surface area contributed by atoms with Crippen molar-refractivity contribution in [2.75, 3.05) is 12.4 Å². The smallest absolute Gasteiger partial charge is 0.255 e. The van der Waals surface area contributed by atoms with Gasteiger partial charge in [-0.1, -0.05) is 6.07 Å². The molecule has 25 heavy (non-hydrogen) atoms. The van der Waals surface area contributed by atoms with Crippen LogP contribution in [0.15, 0.2) is 67.0 Å². The van der Waals surface area contributed by atoms with Gasteiger partial charge in [-0.05, 0) is 48.5 Å². The maximum Gasteiger partial charge on any atom is 0.255 e. The summed E-state index contributed by atoms with van der Waals surface area (Å²) >= 11 is 0. The van der Waals surface area contributed by atoms with Crippen LogP contribution in [0.3, 0.4) is 0 Å². The molecule has 0 aliphatic heterocycles. The molecule has 3 aromatic rings. The van der Waals surface area contributed by atoms with Gasteiger partial charge in [-0.3, -0.25) is 9.78 Å². The second kappa shape index (κ2) is 7.92. The molecule has 0 bridgehead atoms. The highest BCUT2D eigenvalue weighted by atomic mass is 16.5. The minimum absolute atomic E-state index is 0.213. The Hall–Kier alpha value is -3.41.